The SMILES string of the molecule is COc1cc(OC)c(Cl)c(NC(=O)N(C)c2cc(Nc3ccc(N4CCN(CCCCCC(=O)N[C@H](C(=O)N5C[C@H](O)C[C@H]5C(=O)N[C@@H](C)c5ccc(-c6scnc6C)cc5)C(C)(C)C)CC4)cc3)ncn2)c1Cl. The summed E-state index contributed by atoms with van der Waals surface area (Å²) in [6.45, 7) is 14.1. The summed E-state index contributed by atoms with van der Waals surface area (Å²) in [6, 6.07) is 16.6. The van der Waals surface area contributed by atoms with Gasteiger partial charge in [0, 0.05) is 76.1 Å². The van der Waals surface area contributed by atoms with Crippen LogP contribution in [0.2, 0.25) is 10.0 Å². The number of nitrogens with one attached hydrogen (secondary N) is 4. The lowest BCUT2D eigenvalue weighted by Gasteiger charge is -2.36. The van der Waals surface area contributed by atoms with Crippen LogP contribution in [-0.4, -0.2) is 132 Å². The number of ether oxygens (including phenoxy) is 2. The predicted octanol–water partition coefficient (Wildman–Crippen LogP) is 8.70. The minimum atomic E-state index is -0.875. The number of thiazole rings is 1. The molecule has 5 N–H and O–H groups in total. The first-order valence-corrected chi connectivity index (χ1v) is 26.4. The van der Waals surface area contributed by atoms with Crippen LogP contribution in [-0.2, 0) is 14.4 Å². The highest BCUT2D eigenvalue weighted by atomic mass is 35.5. The summed E-state index contributed by atoms with van der Waals surface area (Å²) < 4.78 is 10.6. The molecule has 0 radical (unpaired) electrons. The molecule has 0 bridgehead atoms. The van der Waals surface area contributed by atoms with E-state index in [2.05, 4.69) is 58.2 Å². The lowest BCUT2D eigenvalue weighted by Crippen LogP contribution is -2.57. The Labute approximate surface area is 447 Å². The number of halogens is 2. The number of rotatable bonds is 19. The number of aliphatic hydroxyl groups is 1. The molecule has 7 rings (SSSR count). The topological polar surface area (TPSA) is 207 Å². The van der Waals surface area contributed by atoms with Gasteiger partial charge in [-0.15, -0.1) is 11.3 Å². The number of hydrogen-bond donors (Lipinski definition) is 5. The molecule has 74 heavy (non-hydrogen) atoms. The quantitative estimate of drug-likeness (QED) is 0.0492. The number of anilines is 5. The number of aromatic nitrogens is 3. The van der Waals surface area contributed by atoms with Gasteiger partial charge in [-0.3, -0.25) is 24.2 Å². The molecule has 3 aromatic carbocycles. The summed E-state index contributed by atoms with van der Waals surface area (Å²) in [5.74, 6) is 0.462. The normalized spacial score (nSPS) is 16.8. The van der Waals surface area contributed by atoms with Crippen molar-refractivity contribution < 1.29 is 33.8 Å². The smallest absolute Gasteiger partial charge is 0.327 e. The van der Waals surface area contributed by atoms with Crippen LogP contribution in [0.4, 0.5) is 33.5 Å². The van der Waals surface area contributed by atoms with Gasteiger partial charge in [0.15, 0.2) is 0 Å². The molecular weight excluding hydrogens is 1010 g/mol. The summed E-state index contributed by atoms with van der Waals surface area (Å²) in [4.78, 5) is 76.1. The molecule has 18 nitrogen and oxygen atoms in total. The number of aliphatic hydroxyl groups excluding tert-OH is 1. The number of nitrogens with zero attached hydrogens (tertiary/aromatic N) is 7. The molecule has 5 aromatic rings. The van der Waals surface area contributed by atoms with Crippen molar-refractivity contribution in [1.82, 2.24) is 35.4 Å². The average molecular weight is 1070 g/mol. The Morgan fingerprint density at radius 2 is 1.57 bits per heavy atom. The number of unbranched alkanes of at least 4 members (excludes halogenated alkanes) is 2. The van der Waals surface area contributed by atoms with Gasteiger partial charge in [-0.1, -0.05) is 74.7 Å². The van der Waals surface area contributed by atoms with Crippen molar-refractivity contribution in [1.29, 1.82) is 0 Å². The number of likely N-dealkylation sites (tertiary alicyclic amines) is 1. The van der Waals surface area contributed by atoms with Crippen molar-refractivity contribution in [3.05, 3.63) is 93.8 Å². The number of benzene rings is 3. The lowest BCUT2D eigenvalue weighted by molar-refractivity contribution is -0.144. The Kier molecular flexibility index (Phi) is 18.6. The van der Waals surface area contributed by atoms with Gasteiger partial charge >= 0.3 is 6.03 Å². The predicted molar refractivity (Wildman–Crippen MR) is 292 cm³/mol. The van der Waals surface area contributed by atoms with E-state index in [1.165, 1.54) is 36.4 Å². The maximum absolute atomic E-state index is 14.2. The van der Waals surface area contributed by atoms with Gasteiger partial charge in [-0.2, -0.15) is 0 Å². The number of aryl methyl sites for hydroxylation is 1. The van der Waals surface area contributed by atoms with Crippen molar-refractivity contribution >= 4 is 87.0 Å². The summed E-state index contributed by atoms with van der Waals surface area (Å²) in [6.07, 6.45) is 3.40. The Morgan fingerprint density at radius 1 is 0.892 bits per heavy atom. The second kappa shape index (κ2) is 24.9. The van der Waals surface area contributed by atoms with Gasteiger partial charge in [0.1, 0.15) is 51.6 Å². The van der Waals surface area contributed by atoms with E-state index in [-0.39, 0.29) is 70.4 Å². The number of urea groups is 1. The van der Waals surface area contributed by atoms with Crippen molar-refractivity contribution in [2.75, 3.05) is 81.0 Å². The van der Waals surface area contributed by atoms with E-state index in [1.54, 1.807) is 24.5 Å². The Morgan fingerprint density at radius 3 is 2.19 bits per heavy atom. The maximum atomic E-state index is 14.2. The largest absolute Gasteiger partial charge is 0.495 e. The van der Waals surface area contributed by atoms with Gasteiger partial charge in [0.25, 0.3) is 0 Å². The number of methoxy groups -OCH3 is 2. The molecule has 2 aliphatic heterocycles. The maximum Gasteiger partial charge on any atom is 0.327 e. The van der Waals surface area contributed by atoms with Crippen LogP contribution in [0.15, 0.2) is 72.5 Å². The fourth-order valence-corrected chi connectivity index (χ4v) is 10.5. The summed E-state index contributed by atoms with van der Waals surface area (Å²) in [7, 11) is 4.46. The van der Waals surface area contributed by atoms with Crippen LogP contribution in [0.5, 0.6) is 11.5 Å². The molecule has 2 aromatic heterocycles. The number of β-amino-alcohol motifs (C(OH)–C–C–N with tert-alkyl or cyclic N) is 1. The van der Waals surface area contributed by atoms with Crippen LogP contribution in [0.25, 0.3) is 10.4 Å². The minimum Gasteiger partial charge on any atom is -0.495 e. The van der Waals surface area contributed by atoms with Crippen molar-refractivity contribution in [2.45, 2.75) is 91.0 Å². The van der Waals surface area contributed by atoms with E-state index in [0.29, 0.717) is 18.1 Å². The monoisotopic (exact) mass is 1070 g/mol. The summed E-state index contributed by atoms with van der Waals surface area (Å²) in [5.41, 5.74) is 6.18. The number of carbonyl (C=O) groups is 4. The Hall–Kier alpha value is -6.25. The van der Waals surface area contributed by atoms with Gasteiger partial charge in [-0.05, 0) is 74.0 Å². The van der Waals surface area contributed by atoms with Crippen molar-refractivity contribution in [3.8, 4) is 21.9 Å². The molecule has 2 fully saturated rings. The van der Waals surface area contributed by atoms with Gasteiger partial charge in [0.2, 0.25) is 17.7 Å². The number of amides is 5. The Bertz CT molecular complexity index is 2720. The number of piperazine rings is 1. The lowest BCUT2D eigenvalue weighted by atomic mass is 9.85. The Balaban J connectivity index is 0.819. The molecule has 0 saturated carbocycles. The van der Waals surface area contributed by atoms with Crippen LogP contribution in [0, 0.1) is 12.3 Å². The van der Waals surface area contributed by atoms with Gasteiger partial charge in [-0.25, -0.2) is 19.7 Å². The van der Waals surface area contributed by atoms with E-state index in [0.717, 1.165) is 78.6 Å². The zero-order valence-electron chi connectivity index (χ0n) is 43.2. The zero-order valence-corrected chi connectivity index (χ0v) is 45.5. The first-order valence-electron chi connectivity index (χ1n) is 24.7. The van der Waals surface area contributed by atoms with Gasteiger partial charge < -0.3 is 45.6 Å². The second-order valence-corrected chi connectivity index (χ2v) is 21.3. The van der Waals surface area contributed by atoms with E-state index >= 15 is 0 Å². The fourth-order valence-electron chi connectivity index (χ4n) is 9.07. The standard InChI is InChI=1S/C53H67Cl2N11O7S/c1-32(34-13-15-35(16-14-34)48-33(2)58-31-74-48)59-50(69)39-26-38(67)29-66(39)51(70)49(53(3,4)5)61-44(68)12-10-9-11-21-64-22-24-65(25-23-64)37-19-17-36(18-20-37)60-42-28-43(57-30-56-42)63(6)52(71)62-47-45(54)40(72-7)27-41(73-8)46(47)55/h13-20,27-28,30-32,38-39,49,67H,9-12,21-26,29H2,1-8H3,(H,59,69)(H,61,68)(H,62,71)(H,56,57,60)/t32-,38+,39-,49+/m0/s1. The average Bonchev–Trinajstić information content (AvgIpc) is 4.01. The first-order chi connectivity index (χ1) is 35.3. The minimum absolute atomic E-state index is 0.0170. The third-order valence-electron chi connectivity index (χ3n) is 13.4. The van der Waals surface area contributed by atoms with Crippen LogP contribution in [0.3, 0.4) is 0 Å². The molecular formula is C53H67Cl2N11O7S. The van der Waals surface area contributed by atoms with E-state index in [9.17, 15) is 24.3 Å². The zero-order chi connectivity index (χ0) is 53.3. The third kappa shape index (κ3) is 13.7. The molecule has 2 saturated heterocycles. The number of hydrogen-bond acceptors (Lipinski definition) is 14. The van der Waals surface area contributed by atoms with E-state index < -0.39 is 29.6 Å². The summed E-state index contributed by atoms with van der Waals surface area (Å²) in [5, 5.41) is 23.0. The highest BCUT2D eigenvalue weighted by Crippen LogP contribution is 2.44. The molecule has 4 atom stereocenters. The molecule has 0 spiro atoms. The molecule has 21 heteroatoms. The molecule has 2 aliphatic rings. The highest BCUT2D eigenvalue weighted by molar-refractivity contribution is 7.13. The van der Waals surface area contributed by atoms with Gasteiger partial charge in [0.05, 0.1) is 48.1 Å². The molecule has 4 heterocycles. The van der Waals surface area contributed by atoms with Crippen LogP contribution >= 0.6 is 34.5 Å². The third-order valence-corrected chi connectivity index (χ3v) is 15.2. The highest BCUT2D eigenvalue weighted by Gasteiger charge is 2.44. The first kappa shape index (κ1) is 55.5. The molecule has 0 aliphatic carbocycles. The van der Waals surface area contributed by atoms with Crippen LogP contribution < -0.4 is 40.5 Å². The molecule has 5 amide bonds. The van der Waals surface area contributed by atoms with Crippen molar-refractivity contribution in [2.24, 2.45) is 5.41 Å². The summed E-state index contributed by atoms with van der Waals surface area (Å²) >= 11 is 14.5. The van der Waals surface area contributed by atoms with Crippen LogP contribution in [0.1, 0.15) is 77.1 Å². The van der Waals surface area contributed by atoms with E-state index in [1.807, 2.05) is 76.5 Å². The van der Waals surface area contributed by atoms with E-state index in [4.69, 9.17) is 32.7 Å². The molecule has 0 unspecified atom stereocenters. The van der Waals surface area contributed by atoms with Crippen molar-refractivity contribution in [3.63, 3.8) is 0 Å². The second-order valence-electron chi connectivity index (χ2n) is 19.7. The fraction of sp³-hybridized carbons (Fsp3) is 0.453. The molecule has 396 valence electrons. The number of carbonyl (C=O) groups excluding carboxylic acids is 4.